The topological polar surface area (TPSA) is 15.3 Å². The van der Waals surface area contributed by atoms with Crippen LogP contribution >= 0.6 is 0 Å². The number of piperazine rings is 1. The van der Waals surface area contributed by atoms with Crippen molar-refractivity contribution < 1.29 is 0 Å². The van der Waals surface area contributed by atoms with E-state index in [1.54, 1.807) is 0 Å². The van der Waals surface area contributed by atoms with Gasteiger partial charge in [0, 0.05) is 31.7 Å². The number of nitrogens with one attached hydrogen (secondary N) is 1. The van der Waals surface area contributed by atoms with Crippen LogP contribution in [-0.4, -0.2) is 36.6 Å². The van der Waals surface area contributed by atoms with Crippen LogP contribution in [0.15, 0.2) is 0 Å². The third-order valence-corrected chi connectivity index (χ3v) is 6.16. The fourth-order valence-electron chi connectivity index (χ4n) is 3.89. The van der Waals surface area contributed by atoms with Crippen LogP contribution in [0.4, 0.5) is 0 Å². The number of hydrogen-bond acceptors (Lipinski definition) is 2. The molecular weight excluding hydrogens is 220 g/mol. The molecule has 1 saturated heterocycles. The standard InChI is InChI=1S/C16H32N2/c1-11(2)13-8-17-12(3)9-18(13)10-14-15(4,5)16(14,6)7/h11-14,17H,8-10H2,1-7H3. The van der Waals surface area contributed by atoms with Gasteiger partial charge in [-0.1, -0.05) is 41.5 Å². The Morgan fingerprint density at radius 3 is 2.17 bits per heavy atom. The Hall–Kier alpha value is -0.0800. The molecular formula is C16H32N2. The van der Waals surface area contributed by atoms with E-state index in [0.29, 0.717) is 22.9 Å². The second-order valence-electron chi connectivity index (χ2n) is 8.07. The number of rotatable bonds is 3. The molecule has 0 spiro atoms. The van der Waals surface area contributed by atoms with Gasteiger partial charge in [0.05, 0.1) is 0 Å². The van der Waals surface area contributed by atoms with Gasteiger partial charge in [-0.25, -0.2) is 0 Å². The van der Waals surface area contributed by atoms with E-state index in [-0.39, 0.29) is 0 Å². The van der Waals surface area contributed by atoms with Crippen LogP contribution in [0.2, 0.25) is 0 Å². The Kier molecular flexibility index (Phi) is 3.57. The van der Waals surface area contributed by atoms with Crippen LogP contribution in [0.1, 0.15) is 48.5 Å². The first-order valence-corrected chi connectivity index (χ1v) is 7.65. The van der Waals surface area contributed by atoms with Crippen molar-refractivity contribution in [2.24, 2.45) is 22.7 Å². The summed E-state index contributed by atoms with van der Waals surface area (Å²) >= 11 is 0. The van der Waals surface area contributed by atoms with Crippen molar-refractivity contribution in [1.82, 2.24) is 10.2 Å². The normalized spacial score (nSPS) is 36.0. The van der Waals surface area contributed by atoms with Crippen LogP contribution in [-0.2, 0) is 0 Å². The SMILES string of the molecule is CC1CN(CC2C(C)(C)C2(C)C)C(C(C)C)CN1. The zero-order valence-electron chi connectivity index (χ0n) is 13.4. The molecule has 0 amide bonds. The van der Waals surface area contributed by atoms with Crippen molar-refractivity contribution in [1.29, 1.82) is 0 Å². The molecule has 2 aliphatic rings. The van der Waals surface area contributed by atoms with Crippen molar-refractivity contribution >= 4 is 0 Å². The average molecular weight is 252 g/mol. The summed E-state index contributed by atoms with van der Waals surface area (Å²) in [6, 6.07) is 1.36. The highest BCUT2D eigenvalue weighted by Gasteiger charge is 2.64. The Morgan fingerprint density at radius 2 is 1.72 bits per heavy atom. The maximum absolute atomic E-state index is 3.64. The third kappa shape index (κ3) is 2.22. The minimum Gasteiger partial charge on any atom is -0.311 e. The highest BCUT2D eigenvalue weighted by Crippen LogP contribution is 2.68. The van der Waals surface area contributed by atoms with Gasteiger partial charge in [-0.2, -0.15) is 0 Å². The first kappa shape index (κ1) is 14.3. The fraction of sp³-hybridized carbons (Fsp3) is 1.00. The zero-order valence-corrected chi connectivity index (χ0v) is 13.4. The highest BCUT2D eigenvalue weighted by atomic mass is 15.2. The summed E-state index contributed by atoms with van der Waals surface area (Å²) in [6.07, 6.45) is 0. The molecule has 2 heteroatoms. The van der Waals surface area contributed by atoms with Crippen molar-refractivity contribution in [3.05, 3.63) is 0 Å². The van der Waals surface area contributed by atoms with E-state index in [2.05, 4.69) is 58.7 Å². The first-order chi connectivity index (χ1) is 8.18. The Morgan fingerprint density at radius 1 is 1.17 bits per heavy atom. The molecule has 0 aromatic carbocycles. The van der Waals surface area contributed by atoms with E-state index >= 15 is 0 Å². The van der Waals surface area contributed by atoms with Gasteiger partial charge < -0.3 is 5.32 Å². The molecule has 0 radical (unpaired) electrons. The van der Waals surface area contributed by atoms with E-state index < -0.39 is 0 Å². The Balaban J connectivity index is 2.02. The quantitative estimate of drug-likeness (QED) is 0.831. The molecule has 2 atom stereocenters. The molecule has 0 aromatic rings. The summed E-state index contributed by atoms with van der Waals surface area (Å²) in [7, 11) is 0. The van der Waals surface area contributed by atoms with E-state index in [9.17, 15) is 0 Å². The predicted molar refractivity (Wildman–Crippen MR) is 78.7 cm³/mol. The highest BCUT2D eigenvalue weighted by molar-refractivity contribution is 5.13. The lowest BCUT2D eigenvalue weighted by molar-refractivity contribution is 0.0918. The maximum atomic E-state index is 3.64. The number of hydrogen-bond donors (Lipinski definition) is 1. The third-order valence-electron chi connectivity index (χ3n) is 6.16. The molecule has 18 heavy (non-hydrogen) atoms. The Bertz CT molecular complexity index is 292. The van der Waals surface area contributed by atoms with Crippen molar-refractivity contribution in [2.45, 2.75) is 60.5 Å². The molecule has 2 nitrogen and oxygen atoms in total. The van der Waals surface area contributed by atoms with Crippen molar-refractivity contribution in [2.75, 3.05) is 19.6 Å². The number of nitrogens with zero attached hydrogens (tertiary/aromatic N) is 1. The largest absolute Gasteiger partial charge is 0.311 e. The molecule has 2 rings (SSSR count). The van der Waals surface area contributed by atoms with Gasteiger partial charge in [0.25, 0.3) is 0 Å². The first-order valence-electron chi connectivity index (χ1n) is 7.65. The molecule has 1 N–H and O–H groups in total. The molecule has 1 saturated carbocycles. The van der Waals surface area contributed by atoms with Crippen LogP contribution in [0, 0.1) is 22.7 Å². The molecule has 2 unspecified atom stereocenters. The van der Waals surface area contributed by atoms with Gasteiger partial charge in [-0.15, -0.1) is 0 Å². The smallest absolute Gasteiger partial charge is 0.0244 e. The lowest BCUT2D eigenvalue weighted by atomic mass is 9.97. The van der Waals surface area contributed by atoms with E-state index in [4.69, 9.17) is 0 Å². The minimum absolute atomic E-state index is 0.517. The summed E-state index contributed by atoms with van der Waals surface area (Å²) in [5.74, 6) is 1.60. The van der Waals surface area contributed by atoms with E-state index in [1.807, 2.05) is 0 Å². The average Bonchev–Trinajstić information content (AvgIpc) is 2.60. The van der Waals surface area contributed by atoms with Crippen molar-refractivity contribution in [3.8, 4) is 0 Å². The fourth-order valence-corrected chi connectivity index (χ4v) is 3.89. The van der Waals surface area contributed by atoms with Crippen molar-refractivity contribution in [3.63, 3.8) is 0 Å². The van der Waals surface area contributed by atoms with Crippen LogP contribution < -0.4 is 5.32 Å². The molecule has 1 aliphatic carbocycles. The maximum Gasteiger partial charge on any atom is 0.0244 e. The van der Waals surface area contributed by atoms with Crippen LogP contribution in [0.25, 0.3) is 0 Å². The van der Waals surface area contributed by atoms with Crippen LogP contribution in [0.5, 0.6) is 0 Å². The molecule has 0 aromatic heterocycles. The summed E-state index contributed by atoms with van der Waals surface area (Å²) < 4.78 is 0. The zero-order chi connectivity index (χ0) is 13.7. The molecule has 1 heterocycles. The van der Waals surface area contributed by atoms with Crippen LogP contribution in [0.3, 0.4) is 0 Å². The van der Waals surface area contributed by atoms with E-state index in [1.165, 1.54) is 13.1 Å². The lowest BCUT2D eigenvalue weighted by Gasteiger charge is -2.42. The second kappa shape index (κ2) is 4.49. The second-order valence-corrected chi connectivity index (χ2v) is 8.07. The Labute approximate surface area is 114 Å². The summed E-state index contributed by atoms with van der Waals surface area (Å²) in [6.45, 7) is 20.4. The lowest BCUT2D eigenvalue weighted by Crippen LogP contribution is -2.57. The van der Waals surface area contributed by atoms with Gasteiger partial charge in [-0.3, -0.25) is 4.90 Å². The van der Waals surface area contributed by atoms with Gasteiger partial charge >= 0.3 is 0 Å². The molecule has 0 bridgehead atoms. The monoisotopic (exact) mass is 252 g/mol. The summed E-state index contributed by atoms with van der Waals surface area (Å²) in [4.78, 5) is 2.76. The predicted octanol–water partition coefficient (Wildman–Crippen LogP) is 2.99. The molecule has 2 fully saturated rings. The molecule has 106 valence electrons. The van der Waals surface area contributed by atoms with E-state index in [0.717, 1.165) is 18.4 Å². The minimum atomic E-state index is 0.517. The molecule has 1 aliphatic heterocycles. The summed E-state index contributed by atoms with van der Waals surface area (Å²) in [5, 5.41) is 3.64. The van der Waals surface area contributed by atoms with Gasteiger partial charge in [0.15, 0.2) is 0 Å². The van der Waals surface area contributed by atoms with Gasteiger partial charge in [0.2, 0.25) is 0 Å². The summed E-state index contributed by atoms with van der Waals surface area (Å²) in [5.41, 5.74) is 1.03. The van der Waals surface area contributed by atoms with Gasteiger partial charge in [-0.05, 0) is 29.6 Å². The van der Waals surface area contributed by atoms with Gasteiger partial charge in [0.1, 0.15) is 0 Å².